The number of hydrogen-bond donors (Lipinski definition) is 0. The third-order valence-electron chi connectivity index (χ3n) is 2.77. The van der Waals surface area contributed by atoms with E-state index in [1.54, 1.807) is 0 Å². The Morgan fingerprint density at radius 2 is 1.95 bits per heavy atom. The molecule has 2 rings (SSSR count). The second-order valence-corrected chi connectivity index (χ2v) is 4.25. The van der Waals surface area contributed by atoms with E-state index in [2.05, 4.69) is 4.98 Å². The number of carbonyl (C=O) groups excluding carboxylic acids is 1. The van der Waals surface area contributed by atoms with Gasteiger partial charge in [-0.3, -0.25) is 9.78 Å². The first-order valence-corrected chi connectivity index (χ1v) is 5.78. The standard InChI is InChI=1S/C14H11F3N2O/c1-19(8-9-2-3-10(15)6-12(9)16)14(20)11-4-5-18-7-13(11)17/h2-7H,8H2,1H3. The van der Waals surface area contributed by atoms with Crippen LogP contribution in [0.2, 0.25) is 0 Å². The molecule has 1 heterocycles. The molecule has 104 valence electrons. The van der Waals surface area contributed by atoms with E-state index in [4.69, 9.17) is 0 Å². The zero-order chi connectivity index (χ0) is 14.7. The van der Waals surface area contributed by atoms with Crippen molar-refractivity contribution in [1.29, 1.82) is 0 Å². The summed E-state index contributed by atoms with van der Waals surface area (Å²) in [5.74, 6) is -2.79. The molecule has 0 unspecified atom stereocenters. The summed E-state index contributed by atoms with van der Waals surface area (Å²) < 4.78 is 39.7. The van der Waals surface area contributed by atoms with Gasteiger partial charge >= 0.3 is 0 Å². The van der Waals surface area contributed by atoms with Crippen LogP contribution in [-0.2, 0) is 6.54 Å². The summed E-state index contributed by atoms with van der Waals surface area (Å²) in [6.07, 6.45) is 2.22. The lowest BCUT2D eigenvalue weighted by atomic mass is 10.1. The minimum Gasteiger partial charge on any atom is -0.337 e. The fourth-order valence-corrected chi connectivity index (χ4v) is 1.73. The van der Waals surface area contributed by atoms with Crippen molar-refractivity contribution in [3.8, 4) is 0 Å². The number of benzene rings is 1. The van der Waals surface area contributed by atoms with Crippen LogP contribution in [0.3, 0.4) is 0 Å². The summed E-state index contributed by atoms with van der Waals surface area (Å²) in [6, 6.07) is 4.33. The van der Waals surface area contributed by atoms with Crippen molar-refractivity contribution >= 4 is 5.91 Å². The van der Waals surface area contributed by atoms with Crippen molar-refractivity contribution in [3.05, 3.63) is 65.2 Å². The first-order chi connectivity index (χ1) is 9.49. The number of rotatable bonds is 3. The average Bonchev–Trinajstić information content (AvgIpc) is 2.41. The highest BCUT2D eigenvalue weighted by Crippen LogP contribution is 2.14. The van der Waals surface area contributed by atoms with Gasteiger partial charge in [-0.15, -0.1) is 0 Å². The van der Waals surface area contributed by atoms with E-state index in [-0.39, 0.29) is 17.7 Å². The van der Waals surface area contributed by atoms with Crippen LogP contribution in [0, 0.1) is 17.5 Å². The van der Waals surface area contributed by atoms with Gasteiger partial charge in [-0.05, 0) is 12.1 Å². The van der Waals surface area contributed by atoms with Crippen molar-refractivity contribution in [2.75, 3.05) is 7.05 Å². The fourth-order valence-electron chi connectivity index (χ4n) is 1.73. The molecule has 0 spiro atoms. The Morgan fingerprint density at radius 1 is 1.20 bits per heavy atom. The third kappa shape index (κ3) is 2.96. The molecular weight excluding hydrogens is 269 g/mol. The minimum atomic E-state index is -0.750. The van der Waals surface area contributed by atoms with E-state index >= 15 is 0 Å². The Labute approximate surface area is 113 Å². The number of pyridine rings is 1. The van der Waals surface area contributed by atoms with Gasteiger partial charge in [0.2, 0.25) is 0 Å². The van der Waals surface area contributed by atoms with Gasteiger partial charge in [0.15, 0.2) is 5.82 Å². The predicted molar refractivity (Wildman–Crippen MR) is 66.4 cm³/mol. The monoisotopic (exact) mass is 280 g/mol. The normalized spacial score (nSPS) is 10.4. The molecule has 0 atom stereocenters. The van der Waals surface area contributed by atoms with Crippen molar-refractivity contribution in [1.82, 2.24) is 9.88 Å². The molecule has 0 radical (unpaired) electrons. The molecule has 0 saturated carbocycles. The quantitative estimate of drug-likeness (QED) is 0.866. The van der Waals surface area contributed by atoms with Crippen molar-refractivity contribution < 1.29 is 18.0 Å². The highest BCUT2D eigenvalue weighted by atomic mass is 19.1. The first kappa shape index (κ1) is 14.0. The Kier molecular flexibility index (Phi) is 4.02. The van der Waals surface area contributed by atoms with E-state index in [1.165, 1.54) is 25.4 Å². The second-order valence-electron chi connectivity index (χ2n) is 4.25. The molecule has 0 N–H and O–H groups in total. The van der Waals surface area contributed by atoms with Gasteiger partial charge < -0.3 is 4.90 Å². The molecule has 0 aliphatic carbocycles. The lowest BCUT2D eigenvalue weighted by molar-refractivity contribution is 0.0779. The predicted octanol–water partition coefficient (Wildman–Crippen LogP) is 2.77. The Balaban J connectivity index is 2.18. The molecule has 1 aromatic heterocycles. The summed E-state index contributed by atoms with van der Waals surface area (Å²) in [7, 11) is 1.41. The fraction of sp³-hybridized carbons (Fsp3) is 0.143. The number of amides is 1. The van der Waals surface area contributed by atoms with Gasteiger partial charge in [0.1, 0.15) is 11.6 Å². The van der Waals surface area contributed by atoms with Gasteiger partial charge in [0, 0.05) is 31.4 Å². The van der Waals surface area contributed by atoms with Gasteiger partial charge in [-0.25, -0.2) is 13.2 Å². The zero-order valence-corrected chi connectivity index (χ0v) is 10.6. The van der Waals surface area contributed by atoms with Gasteiger partial charge in [-0.2, -0.15) is 0 Å². The van der Waals surface area contributed by atoms with Crippen LogP contribution < -0.4 is 0 Å². The first-order valence-electron chi connectivity index (χ1n) is 5.78. The van der Waals surface area contributed by atoms with Crippen LogP contribution in [0.25, 0.3) is 0 Å². The average molecular weight is 280 g/mol. The van der Waals surface area contributed by atoms with Crippen LogP contribution in [0.15, 0.2) is 36.7 Å². The third-order valence-corrected chi connectivity index (χ3v) is 2.77. The molecule has 2 aromatic rings. The smallest absolute Gasteiger partial charge is 0.256 e. The second kappa shape index (κ2) is 5.73. The van der Waals surface area contributed by atoms with Crippen molar-refractivity contribution in [2.24, 2.45) is 0 Å². The maximum Gasteiger partial charge on any atom is 0.256 e. The molecular formula is C14H11F3N2O. The summed E-state index contributed by atoms with van der Waals surface area (Å²) in [4.78, 5) is 16.7. The number of nitrogens with zero attached hydrogens (tertiary/aromatic N) is 2. The molecule has 1 aromatic carbocycles. The Morgan fingerprint density at radius 3 is 2.60 bits per heavy atom. The number of carbonyl (C=O) groups is 1. The van der Waals surface area contributed by atoms with Gasteiger partial charge in [-0.1, -0.05) is 6.07 Å². The number of halogens is 3. The summed E-state index contributed by atoms with van der Waals surface area (Å²) in [6.45, 7) is -0.0906. The van der Waals surface area contributed by atoms with E-state index in [0.29, 0.717) is 0 Å². The zero-order valence-electron chi connectivity index (χ0n) is 10.6. The molecule has 0 bridgehead atoms. The Bertz CT molecular complexity index is 646. The summed E-state index contributed by atoms with van der Waals surface area (Å²) in [5, 5.41) is 0. The van der Waals surface area contributed by atoms with Crippen molar-refractivity contribution in [2.45, 2.75) is 6.54 Å². The minimum absolute atomic E-state index is 0.0906. The highest BCUT2D eigenvalue weighted by molar-refractivity contribution is 5.94. The van der Waals surface area contributed by atoms with Gasteiger partial charge in [0.25, 0.3) is 5.91 Å². The lowest BCUT2D eigenvalue weighted by Gasteiger charge is -2.18. The highest BCUT2D eigenvalue weighted by Gasteiger charge is 2.17. The molecule has 3 nitrogen and oxygen atoms in total. The Hall–Kier alpha value is -2.37. The topological polar surface area (TPSA) is 33.2 Å². The number of hydrogen-bond acceptors (Lipinski definition) is 2. The molecule has 0 aliphatic heterocycles. The maximum atomic E-state index is 13.5. The summed E-state index contributed by atoms with van der Waals surface area (Å²) in [5.41, 5.74) is 0.00161. The molecule has 1 amide bonds. The van der Waals surface area contributed by atoms with Crippen LogP contribution in [0.1, 0.15) is 15.9 Å². The number of aromatic nitrogens is 1. The van der Waals surface area contributed by atoms with E-state index in [9.17, 15) is 18.0 Å². The van der Waals surface area contributed by atoms with Crippen LogP contribution >= 0.6 is 0 Å². The molecule has 0 fully saturated rings. The van der Waals surface area contributed by atoms with E-state index in [1.807, 2.05) is 0 Å². The SMILES string of the molecule is CN(Cc1ccc(F)cc1F)C(=O)c1ccncc1F. The van der Waals surface area contributed by atoms with Crippen LogP contribution in [0.4, 0.5) is 13.2 Å². The molecule has 6 heteroatoms. The maximum absolute atomic E-state index is 13.5. The van der Waals surface area contributed by atoms with Gasteiger partial charge in [0.05, 0.1) is 11.8 Å². The van der Waals surface area contributed by atoms with Crippen LogP contribution in [-0.4, -0.2) is 22.8 Å². The molecule has 20 heavy (non-hydrogen) atoms. The summed E-state index contributed by atoms with van der Waals surface area (Å²) >= 11 is 0. The van der Waals surface area contributed by atoms with Crippen molar-refractivity contribution in [3.63, 3.8) is 0 Å². The van der Waals surface area contributed by atoms with E-state index in [0.717, 1.165) is 23.2 Å². The van der Waals surface area contributed by atoms with E-state index < -0.39 is 23.4 Å². The van der Waals surface area contributed by atoms with Crippen LogP contribution in [0.5, 0.6) is 0 Å². The largest absolute Gasteiger partial charge is 0.337 e. The lowest BCUT2D eigenvalue weighted by Crippen LogP contribution is -2.27. The molecule has 0 saturated heterocycles. The molecule has 0 aliphatic rings.